The van der Waals surface area contributed by atoms with E-state index in [1.807, 2.05) is 13.0 Å². The normalized spacial score (nSPS) is 15.5. The van der Waals surface area contributed by atoms with Crippen LogP contribution in [0.3, 0.4) is 0 Å². The van der Waals surface area contributed by atoms with Crippen molar-refractivity contribution in [1.82, 2.24) is 58.5 Å². The molecule has 0 spiro atoms. The molecule has 0 aromatic heterocycles. The third-order valence-electron chi connectivity index (χ3n) is 15.5. The Hall–Kier alpha value is -7.38. The van der Waals surface area contributed by atoms with Crippen LogP contribution in [0.15, 0.2) is 30.3 Å². The van der Waals surface area contributed by atoms with Crippen molar-refractivity contribution in [3.05, 3.63) is 35.9 Å². The van der Waals surface area contributed by atoms with E-state index in [0.29, 0.717) is 12.8 Å². The number of esters is 1. The van der Waals surface area contributed by atoms with Crippen LogP contribution in [0.2, 0.25) is 0 Å². The highest BCUT2D eigenvalue weighted by atomic mass is 16.6. The number of rotatable bonds is 34. The minimum Gasteiger partial charge on any atom is -0.467 e. The summed E-state index contributed by atoms with van der Waals surface area (Å²) in [5, 5.41) is 29.7. The number of hydrogen-bond donors (Lipinski definition) is 11. The minimum absolute atomic E-state index is 0.0000134. The van der Waals surface area contributed by atoms with Crippen molar-refractivity contribution in [2.75, 3.05) is 7.11 Å². The van der Waals surface area contributed by atoms with Crippen LogP contribution in [-0.2, 0) is 73.6 Å². The predicted octanol–water partition coefficient (Wildman–Crippen LogP) is 3.86. The number of ether oxygens (including phenoxy) is 3. The van der Waals surface area contributed by atoms with Gasteiger partial charge in [-0.05, 0) is 124 Å². The van der Waals surface area contributed by atoms with E-state index >= 15 is 0 Å². The van der Waals surface area contributed by atoms with E-state index in [1.165, 1.54) is 62.5 Å². The highest BCUT2D eigenvalue weighted by Crippen LogP contribution is 2.19. The largest absolute Gasteiger partial charge is 0.467 e. The Morgan fingerprint density at radius 2 is 0.681 bits per heavy atom. The zero-order valence-corrected chi connectivity index (χ0v) is 58.7. The van der Waals surface area contributed by atoms with Gasteiger partial charge in [-0.2, -0.15) is 0 Å². The number of benzene rings is 1. The molecule has 26 nitrogen and oxygen atoms in total. The van der Waals surface area contributed by atoms with Crippen LogP contribution in [0, 0.1) is 35.5 Å². The number of carbonyl (C=O) groups excluding carboxylic acids is 12. The molecule has 11 amide bonds. The molecule has 0 radical (unpaired) electrons. The van der Waals surface area contributed by atoms with Gasteiger partial charge in [0.1, 0.15) is 70.0 Å². The molecule has 26 heteroatoms. The van der Waals surface area contributed by atoms with Crippen molar-refractivity contribution in [2.45, 2.75) is 262 Å². The second kappa shape index (κ2) is 34.9. The Kier molecular flexibility index (Phi) is 31.3. The topological polar surface area (TPSA) is 365 Å². The molecule has 0 aliphatic rings. The van der Waals surface area contributed by atoms with E-state index < -0.39 is 183 Å². The van der Waals surface area contributed by atoms with Crippen molar-refractivity contribution in [3.8, 4) is 0 Å². The summed E-state index contributed by atoms with van der Waals surface area (Å²) in [6, 6.07) is 0.137. The Labute approximate surface area is 539 Å². The molecule has 0 aliphatic heterocycles. The van der Waals surface area contributed by atoms with Crippen LogP contribution in [0.1, 0.15) is 185 Å². The molecule has 11 N–H and O–H groups in total. The lowest BCUT2D eigenvalue weighted by molar-refractivity contribution is -0.150. The molecular weight excluding hydrogens is 1170 g/mol. The van der Waals surface area contributed by atoms with Gasteiger partial charge in [-0.15, -0.1) is 0 Å². The number of nitrogens with one attached hydrogen (secondary N) is 11. The fourth-order valence-electron chi connectivity index (χ4n) is 8.97. The summed E-state index contributed by atoms with van der Waals surface area (Å²) in [4.78, 5) is 166. The van der Waals surface area contributed by atoms with Gasteiger partial charge in [-0.25, -0.2) is 9.59 Å². The van der Waals surface area contributed by atoms with Gasteiger partial charge in [0.15, 0.2) is 0 Å². The van der Waals surface area contributed by atoms with E-state index in [2.05, 4.69) is 58.5 Å². The molecular formula is C65H111N11O15. The fraction of sp³-hybridized carbons (Fsp3) is 0.723. The third kappa shape index (κ3) is 25.7. The highest BCUT2D eigenvalue weighted by Gasteiger charge is 2.44. The molecule has 10 atom stereocenters. The van der Waals surface area contributed by atoms with Gasteiger partial charge < -0.3 is 72.7 Å². The van der Waals surface area contributed by atoms with Gasteiger partial charge in [0, 0.05) is 0 Å². The summed E-state index contributed by atoms with van der Waals surface area (Å²) in [6.45, 7) is 38.4. The lowest BCUT2D eigenvalue weighted by Gasteiger charge is -2.35. The van der Waals surface area contributed by atoms with Crippen LogP contribution in [-0.4, -0.2) is 154 Å². The summed E-state index contributed by atoms with van der Waals surface area (Å²) in [7, 11) is 1.18. The van der Waals surface area contributed by atoms with Crippen LogP contribution in [0.25, 0.3) is 0 Å². The first kappa shape index (κ1) is 81.6. The molecule has 1 aromatic carbocycles. The fourth-order valence-corrected chi connectivity index (χ4v) is 8.97. The summed E-state index contributed by atoms with van der Waals surface area (Å²) in [5.41, 5.74) is -6.58. The summed E-state index contributed by atoms with van der Waals surface area (Å²) in [6.07, 6.45) is -1.09. The maximum Gasteiger partial charge on any atom is 0.408 e. The zero-order chi connectivity index (χ0) is 70.6. The Bertz CT molecular complexity index is 2690. The first-order valence-electron chi connectivity index (χ1n) is 31.5. The van der Waals surface area contributed by atoms with E-state index in [1.54, 1.807) is 128 Å². The second-order valence-corrected chi connectivity index (χ2v) is 28.1. The summed E-state index contributed by atoms with van der Waals surface area (Å²) in [5.74, 6) is -11.4. The average molecular weight is 1290 g/mol. The number of alkyl carbamates (subject to hydrolysis) is 1. The quantitative estimate of drug-likeness (QED) is 0.0437. The Morgan fingerprint density at radius 3 is 1.02 bits per heavy atom. The molecule has 1 rings (SSSR count). The Morgan fingerprint density at radius 1 is 0.385 bits per heavy atom. The van der Waals surface area contributed by atoms with Gasteiger partial charge in [0.25, 0.3) is 0 Å². The number of hydrogen-bond acceptors (Lipinski definition) is 15. The predicted molar refractivity (Wildman–Crippen MR) is 345 cm³/mol. The molecule has 91 heavy (non-hydrogen) atoms. The third-order valence-corrected chi connectivity index (χ3v) is 15.5. The summed E-state index contributed by atoms with van der Waals surface area (Å²) >= 11 is 0. The van der Waals surface area contributed by atoms with Gasteiger partial charge in [0.05, 0.1) is 19.8 Å². The standard InChI is InChI=1S/C65H111N11O15/c1-26-38(11)46(68-49(77)42(34(3)4)66-50(78)43(35(5)6)71-58(86)64(21,22)76-60(88)91-61(14,15)16)54(82)74-63(19,20)57(85)72-48(40(13)90-33-41-31-29-28-30-32-41)52(80)67-45(37(9)10)53(81)73-62(17,18)56(84)70-44(36(7)8)51(79)69-47(39(12)27-2)55(83)75-65(23,24)59(87)89-25/h28-32,34-40,42-48H,26-27,33H2,1-25H3,(H,66,78)(H,67,80)(H,68,77)(H,69,79)(H,70,84)(H,71,86)(H,72,85)(H,73,81)(H,74,82)(H,75,83)(H,76,88)/t38-,39-,40+,42-,43-,44-,45-,46-,47-,48-/m0/s1. The first-order chi connectivity index (χ1) is 41.6. The number of methoxy groups -OCH3 is 1. The molecule has 0 saturated heterocycles. The number of amides is 11. The Balaban J connectivity index is 3.54. The lowest BCUT2D eigenvalue weighted by Crippen LogP contribution is -2.66. The molecule has 0 unspecified atom stereocenters. The molecule has 0 bridgehead atoms. The summed E-state index contributed by atoms with van der Waals surface area (Å²) < 4.78 is 16.3. The minimum atomic E-state index is -1.80. The molecule has 0 saturated carbocycles. The van der Waals surface area contributed by atoms with Crippen LogP contribution in [0.4, 0.5) is 4.79 Å². The lowest BCUT2D eigenvalue weighted by atomic mass is 9.94. The van der Waals surface area contributed by atoms with E-state index in [-0.39, 0.29) is 6.61 Å². The molecule has 0 heterocycles. The SMILES string of the molecule is CC[C@H](C)[C@H](NC(=O)[C@@H](NC(=O)[C@@H](NC(=O)C(C)(C)NC(=O)OC(C)(C)C)C(C)C)C(C)C)C(=O)NC(C)(C)C(=O)N[C@H](C(=O)N[C@H](C(=O)NC(C)(C)C(=O)N[C@H](C(=O)N[C@H](C(=O)NC(C)(C)C(=O)OC)[C@@H](C)CC)C(C)C)C(C)C)[C@@H](C)OCc1ccccc1. The first-order valence-corrected chi connectivity index (χ1v) is 31.5. The zero-order valence-electron chi connectivity index (χ0n) is 58.7. The van der Waals surface area contributed by atoms with Gasteiger partial charge >= 0.3 is 12.1 Å². The van der Waals surface area contributed by atoms with Crippen molar-refractivity contribution < 1.29 is 71.7 Å². The van der Waals surface area contributed by atoms with E-state index in [4.69, 9.17) is 14.2 Å². The van der Waals surface area contributed by atoms with Gasteiger partial charge in [-0.1, -0.05) is 126 Å². The number of carbonyl (C=O) groups is 12. The second-order valence-electron chi connectivity index (χ2n) is 28.1. The van der Waals surface area contributed by atoms with Crippen LogP contribution < -0.4 is 58.5 Å². The maximum absolute atomic E-state index is 14.7. The molecule has 0 aliphatic carbocycles. The highest BCUT2D eigenvalue weighted by molar-refractivity contribution is 6.01. The smallest absolute Gasteiger partial charge is 0.408 e. The monoisotopic (exact) mass is 1290 g/mol. The van der Waals surface area contributed by atoms with E-state index in [9.17, 15) is 57.5 Å². The van der Waals surface area contributed by atoms with Crippen molar-refractivity contribution in [3.63, 3.8) is 0 Å². The van der Waals surface area contributed by atoms with Gasteiger partial charge in [0.2, 0.25) is 59.1 Å². The van der Waals surface area contributed by atoms with Crippen molar-refractivity contribution in [2.24, 2.45) is 35.5 Å². The van der Waals surface area contributed by atoms with Crippen molar-refractivity contribution in [1.29, 1.82) is 0 Å². The van der Waals surface area contributed by atoms with Crippen LogP contribution >= 0.6 is 0 Å². The van der Waals surface area contributed by atoms with E-state index in [0.717, 1.165) is 5.56 Å². The molecule has 0 fully saturated rings. The van der Waals surface area contributed by atoms with Crippen molar-refractivity contribution >= 4 is 71.1 Å². The molecule has 1 aromatic rings. The van der Waals surface area contributed by atoms with Gasteiger partial charge in [-0.3, -0.25) is 47.9 Å². The maximum atomic E-state index is 14.7. The van der Waals surface area contributed by atoms with Crippen LogP contribution in [0.5, 0.6) is 0 Å². The molecule has 516 valence electrons. The average Bonchev–Trinajstić information content (AvgIpc) is 0.929.